The first kappa shape index (κ1) is 18.5. The van der Waals surface area contributed by atoms with Gasteiger partial charge in [0.05, 0.1) is 11.6 Å². The van der Waals surface area contributed by atoms with Crippen LogP contribution < -0.4 is 15.4 Å². The van der Waals surface area contributed by atoms with Crippen LogP contribution in [0.1, 0.15) is 31.0 Å². The van der Waals surface area contributed by atoms with Gasteiger partial charge in [0, 0.05) is 11.3 Å². The molecule has 0 saturated heterocycles. The predicted octanol–water partition coefficient (Wildman–Crippen LogP) is 3.28. The molecular formula is C19H24BrN2O2+. The lowest BCUT2D eigenvalue weighted by Crippen LogP contribution is -2.86. The Morgan fingerprint density at radius 2 is 1.96 bits per heavy atom. The van der Waals surface area contributed by atoms with E-state index >= 15 is 0 Å². The van der Waals surface area contributed by atoms with Gasteiger partial charge in [0.2, 0.25) is 0 Å². The van der Waals surface area contributed by atoms with E-state index in [0.717, 1.165) is 27.9 Å². The van der Waals surface area contributed by atoms with Crippen molar-refractivity contribution in [2.45, 2.75) is 26.3 Å². The molecule has 1 amide bonds. The molecule has 1 atom stereocenters. The quantitative estimate of drug-likeness (QED) is 0.760. The minimum atomic E-state index is -0.00123. The van der Waals surface area contributed by atoms with Gasteiger partial charge in [0.25, 0.3) is 5.91 Å². The minimum Gasteiger partial charge on any atom is -0.496 e. The molecule has 2 aromatic rings. The van der Waals surface area contributed by atoms with Crippen molar-refractivity contribution in [3.63, 3.8) is 0 Å². The Balaban J connectivity index is 1.87. The topological polar surface area (TPSA) is 54.9 Å². The molecule has 0 unspecified atom stereocenters. The Hall–Kier alpha value is -1.85. The zero-order valence-corrected chi connectivity index (χ0v) is 15.9. The highest BCUT2D eigenvalue weighted by atomic mass is 79.9. The minimum absolute atomic E-state index is 0.00123. The van der Waals surface area contributed by atoms with Crippen LogP contribution >= 0.6 is 15.9 Å². The fourth-order valence-electron chi connectivity index (χ4n) is 2.42. The summed E-state index contributed by atoms with van der Waals surface area (Å²) in [6.45, 7) is 4.57. The van der Waals surface area contributed by atoms with Gasteiger partial charge in [0.1, 0.15) is 11.8 Å². The Morgan fingerprint density at radius 3 is 2.54 bits per heavy atom. The zero-order chi connectivity index (χ0) is 17.5. The molecule has 3 N–H and O–H groups in total. The van der Waals surface area contributed by atoms with Crippen molar-refractivity contribution in [1.29, 1.82) is 0 Å². The maximum absolute atomic E-state index is 12.1. The number of amides is 1. The number of aryl methyl sites for hydroxylation is 1. The summed E-state index contributed by atoms with van der Waals surface area (Å²) in [7, 11) is 1.65. The second kappa shape index (κ2) is 8.85. The van der Waals surface area contributed by atoms with Crippen LogP contribution in [-0.2, 0) is 11.2 Å². The van der Waals surface area contributed by atoms with Crippen LogP contribution in [0.5, 0.6) is 5.75 Å². The number of anilines is 1. The van der Waals surface area contributed by atoms with Crippen LogP contribution in [-0.4, -0.2) is 19.6 Å². The maximum Gasteiger partial charge on any atom is 0.279 e. The number of methoxy groups -OCH3 is 1. The number of hydrogen-bond donors (Lipinski definition) is 2. The summed E-state index contributed by atoms with van der Waals surface area (Å²) in [4.78, 5) is 12.1. The Bertz CT molecular complexity index is 686. The molecule has 128 valence electrons. The van der Waals surface area contributed by atoms with Crippen molar-refractivity contribution in [3.05, 3.63) is 58.1 Å². The van der Waals surface area contributed by atoms with Crippen LogP contribution in [0.25, 0.3) is 0 Å². The summed E-state index contributed by atoms with van der Waals surface area (Å²) in [5, 5.41) is 4.95. The van der Waals surface area contributed by atoms with Crippen molar-refractivity contribution >= 4 is 27.5 Å². The first-order valence-corrected chi connectivity index (χ1v) is 8.88. The fourth-order valence-corrected chi connectivity index (χ4v) is 2.98. The monoisotopic (exact) mass is 391 g/mol. The largest absolute Gasteiger partial charge is 0.496 e. The summed E-state index contributed by atoms with van der Waals surface area (Å²) >= 11 is 3.49. The fraction of sp³-hybridized carbons (Fsp3) is 0.316. The van der Waals surface area contributed by atoms with Crippen LogP contribution in [0.3, 0.4) is 0 Å². The molecule has 0 heterocycles. The van der Waals surface area contributed by atoms with E-state index in [-0.39, 0.29) is 11.9 Å². The molecule has 0 radical (unpaired) electrons. The van der Waals surface area contributed by atoms with Crippen LogP contribution in [0.15, 0.2) is 46.9 Å². The maximum atomic E-state index is 12.1. The molecule has 2 aromatic carbocycles. The van der Waals surface area contributed by atoms with Gasteiger partial charge >= 0.3 is 0 Å². The molecule has 0 aliphatic rings. The van der Waals surface area contributed by atoms with Gasteiger partial charge in [-0.3, -0.25) is 4.79 Å². The third-order valence-corrected chi connectivity index (χ3v) is 4.62. The molecule has 5 heteroatoms. The lowest BCUT2D eigenvalue weighted by molar-refractivity contribution is -0.682. The van der Waals surface area contributed by atoms with Crippen LogP contribution in [0.2, 0.25) is 0 Å². The molecule has 0 aliphatic heterocycles. The first-order valence-electron chi connectivity index (χ1n) is 8.09. The van der Waals surface area contributed by atoms with Crippen molar-refractivity contribution in [2.24, 2.45) is 0 Å². The smallest absolute Gasteiger partial charge is 0.279 e. The number of halogens is 1. The summed E-state index contributed by atoms with van der Waals surface area (Å²) in [5.41, 5.74) is 3.24. The van der Waals surface area contributed by atoms with Crippen molar-refractivity contribution in [3.8, 4) is 5.75 Å². The van der Waals surface area contributed by atoms with Gasteiger partial charge in [0.15, 0.2) is 6.54 Å². The van der Waals surface area contributed by atoms with E-state index in [2.05, 4.69) is 35.1 Å². The summed E-state index contributed by atoms with van der Waals surface area (Å²) in [6, 6.07) is 14.1. The van der Waals surface area contributed by atoms with Crippen molar-refractivity contribution in [2.75, 3.05) is 19.0 Å². The number of nitrogens with one attached hydrogen (secondary N) is 1. The van der Waals surface area contributed by atoms with E-state index in [1.54, 1.807) is 7.11 Å². The molecular weight excluding hydrogens is 368 g/mol. The van der Waals surface area contributed by atoms with E-state index in [4.69, 9.17) is 4.74 Å². The molecule has 2 rings (SSSR count). The SMILES string of the molecule is CCc1ccc(NC(=O)C[NH2+][C@H](C)c2ccc(OC)c(Br)c2)cc1. The lowest BCUT2D eigenvalue weighted by atomic mass is 10.1. The van der Waals surface area contributed by atoms with Gasteiger partial charge in [-0.05, 0) is 65.2 Å². The number of nitrogens with two attached hydrogens (primary N) is 1. The Labute approximate surface area is 151 Å². The third-order valence-electron chi connectivity index (χ3n) is 4.00. The van der Waals surface area contributed by atoms with Gasteiger partial charge in [-0.15, -0.1) is 0 Å². The average molecular weight is 392 g/mol. The molecule has 0 bridgehead atoms. The van der Waals surface area contributed by atoms with E-state index < -0.39 is 0 Å². The second-order valence-electron chi connectivity index (χ2n) is 5.72. The highest BCUT2D eigenvalue weighted by molar-refractivity contribution is 9.10. The predicted molar refractivity (Wildman–Crippen MR) is 100 cm³/mol. The number of quaternary nitrogens is 1. The molecule has 0 fully saturated rings. The summed E-state index contributed by atoms with van der Waals surface area (Å²) in [5.74, 6) is 0.804. The normalized spacial score (nSPS) is 11.8. The Morgan fingerprint density at radius 1 is 1.25 bits per heavy atom. The van der Waals surface area contributed by atoms with Crippen molar-refractivity contribution < 1.29 is 14.8 Å². The third kappa shape index (κ3) is 5.08. The lowest BCUT2D eigenvalue weighted by Gasteiger charge is -2.13. The number of hydrogen-bond acceptors (Lipinski definition) is 2. The summed E-state index contributed by atoms with van der Waals surface area (Å²) in [6.07, 6.45) is 0.997. The van der Waals surface area contributed by atoms with E-state index in [0.29, 0.717) is 6.54 Å². The first-order chi connectivity index (χ1) is 11.5. The van der Waals surface area contributed by atoms with Crippen LogP contribution in [0, 0.1) is 0 Å². The molecule has 0 saturated carbocycles. The standard InChI is InChI=1S/C19H23BrN2O2/c1-4-14-5-8-16(9-6-14)22-19(23)12-21-13(2)15-7-10-18(24-3)17(20)11-15/h5-11,13,21H,4,12H2,1-3H3,(H,22,23)/p+1/t13-/m1/s1. The van der Waals surface area contributed by atoms with E-state index in [1.165, 1.54) is 5.56 Å². The summed E-state index contributed by atoms with van der Waals surface area (Å²) < 4.78 is 6.16. The van der Waals surface area contributed by atoms with E-state index in [1.807, 2.05) is 47.8 Å². The van der Waals surface area contributed by atoms with Crippen LogP contribution in [0.4, 0.5) is 5.69 Å². The number of rotatable bonds is 7. The second-order valence-corrected chi connectivity index (χ2v) is 6.58. The molecule has 24 heavy (non-hydrogen) atoms. The average Bonchev–Trinajstić information content (AvgIpc) is 2.60. The molecule has 0 aliphatic carbocycles. The molecule has 0 spiro atoms. The highest BCUT2D eigenvalue weighted by Gasteiger charge is 2.13. The number of ether oxygens (including phenoxy) is 1. The van der Waals surface area contributed by atoms with Gasteiger partial charge in [-0.1, -0.05) is 19.1 Å². The molecule has 4 nitrogen and oxygen atoms in total. The van der Waals surface area contributed by atoms with Gasteiger partial charge in [-0.2, -0.15) is 0 Å². The zero-order valence-electron chi connectivity index (χ0n) is 14.3. The highest BCUT2D eigenvalue weighted by Crippen LogP contribution is 2.27. The Kier molecular flexibility index (Phi) is 6.82. The van der Waals surface area contributed by atoms with E-state index in [9.17, 15) is 4.79 Å². The molecule has 0 aromatic heterocycles. The number of carbonyl (C=O) groups excluding carboxylic acids is 1. The number of benzene rings is 2. The van der Waals surface area contributed by atoms with Gasteiger partial charge in [-0.25, -0.2) is 0 Å². The van der Waals surface area contributed by atoms with Gasteiger partial charge < -0.3 is 15.4 Å². The van der Waals surface area contributed by atoms with Crippen molar-refractivity contribution in [1.82, 2.24) is 0 Å². The number of carbonyl (C=O) groups is 1.